The Labute approximate surface area is 211 Å². The number of anilines is 1. The maximum atomic E-state index is 14.9. The summed E-state index contributed by atoms with van der Waals surface area (Å²) >= 11 is 0. The van der Waals surface area contributed by atoms with Gasteiger partial charge in [-0.3, -0.25) is 10.1 Å². The highest BCUT2D eigenvalue weighted by Gasteiger charge is 2.34. The van der Waals surface area contributed by atoms with Crippen molar-refractivity contribution < 1.29 is 27.6 Å². The molecule has 0 spiro atoms. The van der Waals surface area contributed by atoms with E-state index in [2.05, 4.69) is 0 Å². The highest BCUT2D eigenvalue weighted by Crippen LogP contribution is 2.40. The summed E-state index contributed by atoms with van der Waals surface area (Å²) in [6.45, 7) is 4.08. The van der Waals surface area contributed by atoms with Crippen LogP contribution < -0.4 is 9.64 Å². The molecule has 0 aromatic heterocycles. The van der Waals surface area contributed by atoms with Crippen LogP contribution in [0, 0.1) is 22.9 Å². The number of rotatable bonds is 10. The first-order valence-electron chi connectivity index (χ1n) is 12.0. The number of ether oxygens (including phenoxy) is 1. The number of aliphatic hydroxyl groups is 1. The predicted molar refractivity (Wildman–Crippen MR) is 136 cm³/mol. The Hall–Kier alpha value is -2.76. The van der Waals surface area contributed by atoms with Gasteiger partial charge in [-0.15, -0.1) is 0 Å². The lowest BCUT2D eigenvalue weighted by Crippen LogP contribution is -2.36. The molecule has 36 heavy (non-hydrogen) atoms. The predicted octanol–water partition coefficient (Wildman–Crippen LogP) is 4.22. The second-order valence-corrected chi connectivity index (χ2v) is 11.2. The minimum Gasteiger partial charge on any atom is -0.494 e. The van der Waals surface area contributed by atoms with Crippen LogP contribution in [0.15, 0.2) is 35.2 Å². The molecular weight excluding hydrogens is 489 g/mol. The van der Waals surface area contributed by atoms with Crippen LogP contribution in [0.2, 0.25) is 0 Å². The van der Waals surface area contributed by atoms with Gasteiger partial charge in [0.1, 0.15) is 5.69 Å². The summed E-state index contributed by atoms with van der Waals surface area (Å²) in [6, 6.07) is 7.80. The Morgan fingerprint density at radius 2 is 2.06 bits per heavy atom. The van der Waals surface area contributed by atoms with Crippen molar-refractivity contribution in [2.45, 2.75) is 56.4 Å². The Bertz CT molecular complexity index is 1210. The summed E-state index contributed by atoms with van der Waals surface area (Å²) in [6.07, 6.45) is 1.72. The average Bonchev–Trinajstić information content (AvgIpc) is 2.83. The quantitative estimate of drug-likeness (QED) is 0.366. The molecule has 1 heterocycles. The van der Waals surface area contributed by atoms with E-state index in [1.165, 1.54) is 33.2 Å². The van der Waals surface area contributed by atoms with Gasteiger partial charge in [-0.25, -0.2) is 12.8 Å². The van der Waals surface area contributed by atoms with Crippen LogP contribution in [0.3, 0.4) is 0 Å². The SMILES string of the molecule is CCCC(O)CN(C)S(=O)(=O)c1ccc(N2CCCC(c3cccc(OC)c3F)C2)c([N+](=O)[O-])c1C. The van der Waals surface area contributed by atoms with E-state index in [-0.39, 0.29) is 34.4 Å². The molecule has 0 amide bonds. The molecule has 9 nitrogen and oxygen atoms in total. The number of aliphatic hydroxyl groups excluding tert-OH is 1. The molecule has 0 aliphatic carbocycles. The molecule has 1 fully saturated rings. The van der Waals surface area contributed by atoms with Gasteiger partial charge in [-0.2, -0.15) is 4.31 Å². The third-order valence-electron chi connectivity index (χ3n) is 6.74. The molecule has 11 heteroatoms. The zero-order valence-electron chi connectivity index (χ0n) is 21.1. The van der Waals surface area contributed by atoms with Crippen molar-refractivity contribution in [3.05, 3.63) is 57.4 Å². The molecule has 1 aliphatic heterocycles. The number of hydrogen-bond donors (Lipinski definition) is 1. The Morgan fingerprint density at radius 1 is 1.33 bits per heavy atom. The van der Waals surface area contributed by atoms with E-state index in [1.807, 2.05) is 11.8 Å². The second-order valence-electron chi connectivity index (χ2n) is 9.19. The number of nitrogens with zero attached hydrogens (tertiary/aromatic N) is 3. The zero-order valence-corrected chi connectivity index (χ0v) is 21.9. The van der Waals surface area contributed by atoms with Crippen molar-refractivity contribution in [1.82, 2.24) is 4.31 Å². The smallest absolute Gasteiger partial charge is 0.296 e. The number of hydrogen-bond acceptors (Lipinski definition) is 7. The van der Waals surface area contributed by atoms with Gasteiger partial charge in [0.15, 0.2) is 11.6 Å². The number of halogens is 1. The molecule has 2 aromatic carbocycles. The molecule has 1 saturated heterocycles. The van der Waals surface area contributed by atoms with Crippen molar-refractivity contribution in [3.63, 3.8) is 0 Å². The lowest BCUT2D eigenvalue weighted by molar-refractivity contribution is -0.384. The molecular formula is C25H34FN3O6S. The van der Waals surface area contributed by atoms with Crippen molar-refractivity contribution in [2.75, 3.05) is 38.7 Å². The van der Waals surface area contributed by atoms with Gasteiger partial charge in [-0.1, -0.05) is 25.5 Å². The van der Waals surface area contributed by atoms with Gasteiger partial charge < -0.3 is 14.7 Å². The second kappa shape index (κ2) is 11.5. The first-order chi connectivity index (χ1) is 17.0. The number of benzene rings is 2. The molecule has 0 saturated carbocycles. The van der Waals surface area contributed by atoms with E-state index in [0.29, 0.717) is 50.0 Å². The molecule has 2 unspecified atom stereocenters. The van der Waals surface area contributed by atoms with Crippen molar-refractivity contribution in [1.29, 1.82) is 0 Å². The lowest BCUT2D eigenvalue weighted by Gasteiger charge is -2.35. The largest absolute Gasteiger partial charge is 0.494 e. The summed E-state index contributed by atoms with van der Waals surface area (Å²) in [7, 11) is -1.31. The number of nitro benzene ring substituents is 1. The number of methoxy groups -OCH3 is 1. The zero-order chi connectivity index (χ0) is 26.6. The normalized spacial score (nSPS) is 17.3. The first kappa shape index (κ1) is 27.8. The molecule has 198 valence electrons. The fraction of sp³-hybridized carbons (Fsp3) is 0.520. The van der Waals surface area contributed by atoms with Gasteiger partial charge in [0.05, 0.1) is 23.0 Å². The standard InChI is InChI=1S/C25H34FN3O6S/c1-5-8-19(30)16-27(3)36(33,34)23-13-12-21(25(17(23)2)29(31)32)28-14-7-9-18(15-28)20-10-6-11-22(35-4)24(20)26/h6,10-13,18-19,30H,5,7-9,14-16H2,1-4H3. The third-order valence-corrected chi connectivity index (χ3v) is 8.70. The molecule has 0 bridgehead atoms. The Kier molecular flexibility index (Phi) is 8.91. The van der Waals surface area contributed by atoms with Crippen LogP contribution >= 0.6 is 0 Å². The van der Waals surface area contributed by atoms with Crippen LogP contribution in [-0.4, -0.2) is 62.6 Å². The van der Waals surface area contributed by atoms with Crippen LogP contribution in [0.25, 0.3) is 0 Å². The molecule has 0 radical (unpaired) electrons. The summed E-state index contributed by atoms with van der Waals surface area (Å²) in [5.74, 6) is -0.496. The minimum absolute atomic E-state index is 0.0315. The van der Waals surface area contributed by atoms with E-state index >= 15 is 0 Å². The highest BCUT2D eigenvalue weighted by atomic mass is 32.2. The van der Waals surface area contributed by atoms with Crippen LogP contribution in [0.4, 0.5) is 15.8 Å². The van der Waals surface area contributed by atoms with Crippen molar-refractivity contribution in [2.24, 2.45) is 0 Å². The molecule has 1 N–H and O–H groups in total. The molecule has 2 aromatic rings. The Balaban J connectivity index is 1.96. The molecule has 2 atom stereocenters. The molecule has 1 aliphatic rings. The molecule has 3 rings (SSSR count). The number of sulfonamides is 1. The van der Waals surface area contributed by atoms with Crippen molar-refractivity contribution in [3.8, 4) is 5.75 Å². The fourth-order valence-electron chi connectivity index (χ4n) is 4.87. The van der Waals surface area contributed by atoms with E-state index in [1.54, 1.807) is 18.2 Å². The highest BCUT2D eigenvalue weighted by molar-refractivity contribution is 7.89. The topological polar surface area (TPSA) is 113 Å². The van der Waals surface area contributed by atoms with Gasteiger partial charge in [0, 0.05) is 38.2 Å². The minimum atomic E-state index is -4.07. The summed E-state index contributed by atoms with van der Waals surface area (Å²) in [5, 5.41) is 22.2. The third kappa shape index (κ3) is 5.63. The van der Waals surface area contributed by atoms with Crippen LogP contribution in [0.1, 0.15) is 49.7 Å². The number of piperidine rings is 1. The lowest BCUT2D eigenvalue weighted by atomic mass is 9.89. The monoisotopic (exact) mass is 523 g/mol. The number of nitro groups is 1. The first-order valence-corrected chi connectivity index (χ1v) is 13.5. The Morgan fingerprint density at radius 3 is 2.69 bits per heavy atom. The van der Waals surface area contributed by atoms with Gasteiger partial charge in [-0.05, 0) is 49.9 Å². The van der Waals surface area contributed by atoms with Gasteiger partial charge in [0.25, 0.3) is 5.69 Å². The fourth-order valence-corrected chi connectivity index (χ4v) is 6.30. The summed E-state index contributed by atoms with van der Waals surface area (Å²) in [4.78, 5) is 13.2. The van der Waals surface area contributed by atoms with E-state index < -0.39 is 26.9 Å². The maximum Gasteiger partial charge on any atom is 0.296 e. The van der Waals surface area contributed by atoms with Gasteiger partial charge in [0.2, 0.25) is 10.0 Å². The maximum absolute atomic E-state index is 14.9. The van der Waals surface area contributed by atoms with E-state index in [0.717, 1.165) is 4.31 Å². The number of likely N-dealkylation sites (N-methyl/N-ethyl adjacent to an activating group) is 1. The average molecular weight is 524 g/mol. The van der Waals surface area contributed by atoms with Gasteiger partial charge >= 0.3 is 0 Å². The van der Waals surface area contributed by atoms with E-state index in [9.17, 15) is 28.0 Å². The van der Waals surface area contributed by atoms with Crippen molar-refractivity contribution >= 4 is 21.4 Å². The summed E-state index contributed by atoms with van der Waals surface area (Å²) < 4.78 is 47.5. The van der Waals surface area contributed by atoms with E-state index in [4.69, 9.17) is 4.74 Å². The van der Waals surface area contributed by atoms with Crippen LogP contribution in [-0.2, 0) is 10.0 Å². The van der Waals surface area contributed by atoms with Crippen LogP contribution in [0.5, 0.6) is 5.75 Å². The summed E-state index contributed by atoms with van der Waals surface area (Å²) in [5.41, 5.74) is 0.539.